The van der Waals surface area contributed by atoms with Crippen molar-refractivity contribution in [3.8, 4) is 0 Å². The molecule has 2 rings (SSSR count). The van der Waals surface area contributed by atoms with Gasteiger partial charge in [-0.05, 0) is 19.9 Å². The molecule has 1 aromatic heterocycles. The Balaban J connectivity index is 2.04. The predicted octanol–water partition coefficient (Wildman–Crippen LogP) is 0.718. The molecule has 2 N–H and O–H groups in total. The van der Waals surface area contributed by atoms with Gasteiger partial charge in [0, 0.05) is 18.3 Å². The number of nitrogens with zero attached hydrogens (tertiary/aromatic N) is 1. The molecule has 3 nitrogen and oxygen atoms in total. The topological polar surface area (TPSA) is 45.2 Å². The first-order chi connectivity index (χ1) is 6.18. The second-order valence-electron chi connectivity index (χ2n) is 3.69. The molecule has 0 aromatic carbocycles. The SMILES string of the molecule is Cc1nc(CC2(O)CCNC2)cs1. The second kappa shape index (κ2) is 3.36. The van der Waals surface area contributed by atoms with Gasteiger partial charge < -0.3 is 10.4 Å². The van der Waals surface area contributed by atoms with Crippen LogP contribution in [0.2, 0.25) is 0 Å². The van der Waals surface area contributed by atoms with Crippen molar-refractivity contribution in [3.63, 3.8) is 0 Å². The Morgan fingerprint density at radius 3 is 3.15 bits per heavy atom. The number of hydrogen-bond acceptors (Lipinski definition) is 4. The van der Waals surface area contributed by atoms with E-state index in [2.05, 4.69) is 10.3 Å². The van der Waals surface area contributed by atoms with Crippen LogP contribution in [0.4, 0.5) is 0 Å². The predicted molar refractivity (Wildman–Crippen MR) is 53.0 cm³/mol. The molecule has 0 spiro atoms. The third-order valence-electron chi connectivity index (χ3n) is 2.40. The molecular weight excluding hydrogens is 184 g/mol. The first kappa shape index (κ1) is 9.12. The molecule has 1 unspecified atom stereocenters. The molecule has 0 radical (unpaired) electrons. The van der Waals surface area contributed by atoms with Crippen LogP contribution in [-0.4, -0.2) is 28.8 Å². The van der Waals surface area contributed by atoms with Crippen molar-refractivity contribution in [2.45, 2.75) is 25.4 Å². The number of thiazole rings is 1. The van der Waals surface area contributed by atoms with E-state index in [0.29, 0.717) is 13.0 Å². The summed E-state index contributed by atoms with van der Waals surface area (Å²) in [5.41, 5.74) is 0.467. The van der Waals surface area contributed by atoms with Crippen LogP contribution in [0.3, 0.4) is 0 Å². The number of aromatic nitrogens is 1. The lowest BCUT2D eigenvalue weighted by atomic mass is 9.97. The van der Waals surface area contributed by atoms with Gasteiger partial charge in [-0.3, -0.25) is 0 Å². The van der Waals surface area contributed by atoms with E-state index < -0.39 is 5.60 Å². The third kappa shape index (κ3) is 2.07. The van der Waals surface area contributed by atoms with Crippen LogP contribution in [0.1, 0.15) is 17.1 Å². The van der Waals surface area contributed by atoms with Crippen LogP contribution in [0.5, 0.6) is 0 Å². The summed E-state index contributed by atoms with van der Waals surface area (Å²) in [6, 6.07) is 0. The van der Waals surface area contributed by atoms with Gasteiger partial charge >= 0.3 is 0 Å². The van der Waals surface area contributed by atoms with Crippen molar-refractivity contribution in [2.24, 2.45) is 0 Å². The van der Waals surface area contributed by atoms with E-state index in [1.54, 1.807) is 11.3 Å². The van der Waals surface area contributed by atoms with Gasteiger partial charge in [-0.1, -0.05) is 0 Å². The van der Waals surface area contributed by atoms with E-state index >= 15 is 0 Å². The van der Waals surface area contributed by atoms with Crippen molar-refractivity contribution in [3.05, 3.63) is 16.1 Å². The molecule has 0 amide bonds. The zero-order valence-corrected chi connectivity index (χ0v) is 8.52. The summed E-state index contributed by atoms with van der Waals surface area (Å²) in [5.74, 6) is 0. The van der Waals surface area contributed by atoms with Gasteiger partial charge in [-0.2, -0.15) is 0 Å². The van der Waals surface area contributed by atoms with Crippen LogP contribution in [-0.2, 0) is 6.42 Å². The van der Waals surface area contributed by atoms with Crippen LogP contribution in [0, 0.1) is 6.92 Å². The Labute approximate surface area is 81.8 Å². The molecule has 1 saturated heterocycles. The Morgan fingerprint density at radius 1 is 1.77 bits per heavy atom. The second-order valence-corrected chi connectivity index (χ2v) is 4.75. The maximum Gasteiger partial charge on any atom is 0.0897 e. The third-order valence-corrected chi connectivity index (χ3v) is 3.22. The molecular formula is C9H14N2OS. The highest BCUT2D eigenvalue weighted by atomic mass is 32.1. The Kier molecular flexibility index (Phi) is 2.36. The molecule has 2 heterocycles. The Hall–Kier alpha value is -0.450. The highest BCUT2D eigenvalue weighted by Gasteiger charge is 2.31. The standard InChI is InChI=1S/C9H14N2OS/c1-7-11-8(5-13-7)4-9(12)2-3-10-6-9/h5,10,12H,2-4,6H2,1H3. The number of hydrogen-bond donors (Lipinski definition) is 2. The van der Waals surface area contributed by atoms with Gasteiger partial charge in [0.05, 0.1) is 16.3 Å². The van der Waals surface area contributed by atoms with Gasteiger partial charge in [-0.15, -0.1) is 11.3 Å². The van der Waals surface area contributed by atoms with Gasteiger partial charge in [0.15, 0.2) is 0 Å². The van der Waals surface area contributed by atoms with Gasteiger partial charge in [-0.25, -0.2) is 4.98 Å². The number of β-amino-alcohol motifs (C(OH)–C–C–N with tert-alkyl or cyclic N) is 1. The summed E-state index contributed by atoms with van der Waals surface area (Å²) in [5, 5.41) is 16.3. The van der Waals surface area contributed by atoms with E-state index in [0.717, 1.165) is 23.7 Å². The maximum absolute atomic E-state index is 10.1. The molecule has 1 aromatic rings. The summed E-state index contributed by atoms with van der Waals surface area (Å²) in [6.07, 6.45) is 1.52. The van der Waals surface area contributed by atoms with Crippen molar-refractivity contribution in [1.29, 1.82) is 0 Å². The highest BCUT2D eigenvalue weighted by molar-refractivity contribution is 7.09. The van der Waals surface area contributed by atoms with Crippen molar-refractivity contribution in [1.82, 2.24) is 10.3 Å². The normalized spacial score (nSPS) is 28.2. The van der Waals surface area contributed by atoms with Crippen LogP contribution in [0.15, 0.2) is 5.38 Å². The average Bonchev–Trinajstić information content (AvgIpc) is 2.62. The zero-order valence-electron chi connectivity index (χ0n) is 7.71. The minimum absolute atomic E-state index is 0.555. The minimum Gasteiger partial charge on any atom is -0.388 e. The van der Waals surface area contributed by atoms with Gasteiger partial charge in [0.2, 0.25) is 0 Å². The number of rotatable bonds is 2. The van der Waals surface area contributed by atoms with E-state index in [-0.39, 0.29) is 0 Å². The van der Waals surface area contributed by atoms with Gasteiger partial charge in [0.25, 0.3) is 0 Å². The lowest BCUT2D eigenvalue weighted by Gasteiger charge is -2.19. The lowest BCUT2D eigenvalue weighted by Crippen LogP contribution is -2.33. The first-order valence-corrected chi connectivity index (χ1v) is 5.40. The van der Waals surface area contributed by atoms with E-state index in [9.17, 15) is 5.11 Å². The first-order valence-electron chi connectivity index (χ1n) is 4.52. The van der Waals surface area contributed by atoms with Crippen LogP contribution >= 0.6 is 11.3 Å². The quantitative estimate of drug-likeness (QED) is 0.736. The molecule has 72 valence electrons. The molecule has 1 fully saturated rings. The van der Waals surface area contributed by atoms with Crippen molar-refractivity contribution in [2.75, 3.05) is 13.1 Å². The summed E-state index contributed by atoms with van der Waals surface area (Å²) >= 11 is 1.64. The highest BCUT2D eigenvalue weighted by Crippen LogP contribution is 2.21. The molecule has 1 atom stereocenters. The Bertz CT molecular complexity index is 292. The molecule has 1 aliphatic rings. The molecule has 13 heavy (non-hydrogen) atoms. The molecule has 0 saturated carbocycles. The lowest BCUT2D eigenvalue weighted by molar-refractivity contribution is 0.0610. The number of aryl methyl sites for hydroxylation is 1. The van der Waals surface area contributed by atoms with E-state index in [1.807, 2.05) is 12.3 Å². The zero-order chi connectivity index (χ0) is 9.31. The largest absolute Gasteiger partial charge is 0.388 e. The number of aliphatic hydroxyl groups is 1. The fraction of sp³-hybridized carbons (Fsp3) is 0.667. The molecule has 0 bridgehead atoms. The Morgan fingerprint density at radius 2 is 2.62 bits per heavy atom. The average molecular weight is 198 g/mol. The maximum atomic E-state index is 10.1. The molecule has 1 aliphatic heterocycles. The van der Waals surface area contributed by atoms with Crippen LogP contribution < -0.4 is 5.32 Å². The molecule has 4 heteroatoms. The van der Waals surface area contributed by atoms with Crippen molar-refractivity contribution >= 4 is 11.3 Å². The minimum atomic E-state index is -0.555. The van der Waals surface area contributed by atoms with Crippen LogP contribution in [0.25, 0.3) is 0 Å². The van der Waals surface area contributed by atoms with E-state index in [1.165, 1.54) is 0 Å². The summed E-state index contributed by atoms with van der Waals surface area (Å²) < 4.78 is 0. The van der Waals surface area contributed by atoms with E-state index in [4.69, 9.17) is 0 Å². The fourth-order valence-corrected chi connectivity index (χ4v) is 2.32. The smallest absolute Gasteiger partial charge is 0.0897 e. The fourth-order valence-electron chi connectivity index (χ4n) is 1.71. The summed E-state index contributed by atoms with van der Waals surface area (Å²) in [7, 11) is 0. The van der Waals surface area contributed by atoms with Gasteiger partial charge in [0.1, 0.15) is 0 Å². The summed E-state index contributed by atoms with van der Waals surface area (Å²) in [4.78, 5) is 4.35. The molecule has 0 aliphatic carbocycles. The van der Waals surface area contributed by atoms with Crippen molar-refractivity contribution < 1.29 is 5.11 Å². The monoisotopic (exact) mass is 198 g/mol. The number of nitrogens with one attached hydrogen (secondary N) is 1. The summed E-state index contributed by atoms with van der Waals surface area (Å²) in [6.45, 7) is 3.61.